The van der Waals surface area contributed by atoms with Gasteiger partial charge in [0.2, 0.25) is 0 Å². The van der Waals surface area contributed by atoms with Gasteiger partial charge in [-0.05, 0) is 29.8 Å². The van der Waals surface area contributed by atoms with E-state index >= 15 is 0 Å². The summed E-state index contributed by atoms with van der Waals surface area (Å²) >= 11 is 15.4. The molecule has 1 amide bonds. The molecular weight excluding hydrogens is 361 g/mol. The minimum absolute atomic E-state index is 0.152. The summed E-state index contributed by atoms with van der Waals surface area (Å²) in [4.78, 5) is 14.0. The molecule has 0 bridgehead atoms. The van der Waals surface area contributed by atoms with E-state index in [0.29, 0.717) is 22.2 Å². The fourth-order valence-corrected chi connectivity index (χ4v) is 2.46. The van der Waals surface area contributed by atoms with Crippen molar-refractivity contribution in [2.45, 2.75) is 6.54 Å². The molecule has 0 heterocycles. The topological polar surface area (TPSA) is 20.3 Å². The fraction of sp³-hybridized carbons (Fsp3) is 0.133. The molecule has 104 valence electrons. The Morgan fingerprint density at radius 1 is 1.15 bits per heavy atom. The van der Waals surface area contributed by atoms with E-state index in [1.807, 2.05) is 24.3 Å². The molecule has 20 heavy (non-hydrogen) atoms. The second-order valence-corrected chi connectivity index (χ2v) is 6.09. The quantitative estimate of drug-likeness (QED) is 0.739. The average Bonchev–Trinajstić information content (AvgIpc) is 2.43. The Morgan fingerprint density at radius 2 is 1.80 bits per heavy atom. The van der Waals surface area contributed by atoms with E-state index in [1.165, 1.54) is 0 Å². The maximum Gasteiger partial charge on any atom is 0.255 e. The van der Waals surface area contributed by atoms with E-state index in [4.69, 9.17) is 23.2 Å². The minimum atomic E-state index is -0.152. The molecule has 2 aromatic carbocycles. The van der Waals surface area contributed by atoms with Crippen LogP contribution >= 0.6 is 39.1 Å². The first kappa shape index (κ1) is 15.4. The molecule has 0 atom stereocenters. The Kier molecular flexibility index (Phi) is 5.08. The molecular formula is C15H12BrCl2NO. The number of hydrogen-bond donors (Lipinski definition) is 0. The molecule has 0 aliphatic carbocycles. The highest BCUT2D eigenvalue weighted by atomic mass is 79.9. The third-order valence-electron chi connectivity index (χ3n) is 2.86. The molecule has 0 N–H and O–H groups in total. The Labute approximate surface area is 136 Å². The van der Waals surface area contributed by atoms with E-state index in [0.717, 1.165) is 10.0 Å². The van der Waals surface area contributed by atoms with Gasteiger partial charge in [0.25, 0.3) is 5.91 Å². The number of amides is 1. The van der Waals surface area contributed by atoms with Gasteiger partial charge >= 0.3 is 0 Å². The fourth-order valence-electron chi connectivity index (χ4n) is 1.81. The summed E-state index contributed by atoms with van der Waals surface area (Å²) in [5.74, 6) is -0.152. The highest BCUT2D eigenvalue weighted by Gasteiger charge is 2.16. The summed E-state index contributed by atoms with van der Waals surface area (Å²) in [6.07, 6.45) is 0. The van der Waals surface area contributed by atoms with Crippen LogP contribution in [0, 0.1) is 0 Å². The van der Waals surface area contributed by atoms with Gasteiger partial charge in [-0.25, -0.2) is 0 Å². The first-order valence-corrected chi connectivity index (χ1v) is 7.48. The number of nitrogens with zero attached hydrogens (tertiary/aromatic N) is 1. The maximum absolute atomic E-state index is 12.4. The van der Waals surface area contributed by atoms with Crippen LogP contribution in [0.5, 0.6) is 0 Å². The molecule has 0 saturated heterocycles. The zero-order valence-electron chi connectivity index (χ0n) is 10.7. The SMILES string of the molecule is CN(Cc1ccc(Br)cc1)C(=O)c1cccc(Cl)c1Cl. The largest absolute Gasteiger partial charge is 0.337 e. The minimum Gasteiger partial charge on any atom is -0.337 e. The predicted octanol–water partition coefficient (Wildman–Crippen LogP) is 5.03. The van der Waals surface area contributed by atoms with E-state index in [2.05, 4.69) is 15.9 Å². The lowest BCUT2D eigenvalue weighted by molar-refractivity contribution is 0.0785. The average molecular weight is 373 g/mol. The third kappa shape index (κ3) is 3.54. The molecule has 0 radical (unpaired) electrons. The molecule has 0 aliphatic rings. The van der Waals surface area contributed by atoms with Gasteiger partial charge in [0, 0.05) is 18.1 Å². The zero-order valence-corrected chi connectivity index (χ0v) is 13.8. The number of carbonyl (C=O) groups excluding carboxylic acids is 1. The van der Waals surface area contributed by atoms with Crippen LogP contribution in [0.4, 0.5) is 0 Å². The van der Waals surface area contributed by atoms with Gasteiger partial charge in [-0.2, -0.15) is 0 Å². The van der Waals surface area contributed by atoms with Crippen LogP contribution in [0.15, 0.2) is 46.9 Å². The van der Waals surface area contributed by atoms with Gasteiger partial charge in [0.05, 0.1) is 15.6 Å². The van der Waals surface area contributed by atoms with Crippen molar-refractivity contribution in [1.82, 2.24) is 4.90 Å². The number of halogens is 3. The lowest BCUT2D eigenvalue weighted by Gasteiger charge is -2.18. The summed E-state index contributed by atoms with van der Waals surface area (Å²) in [5.41, 5.74) is 1.46. The summed E-state index contributed by atoms with van der Waals surface area (Å²) < 4.78 is 1.01. The van der Waals surface area contributed by atoms with Crippen molar-refractivity contribution in [2.24, 2.45) is 0 Å². The van der Waals surface area contributed by atoms with Gasteiger partial charge in [-0.1, -0.05) is 57.3 Å². The van der Waals surface area contributed by atoms with Crippen molar-refractivity contribution >= 4 is 45.0 Å². The van der Waals surface area contributed by atoms with Gasteiger partial charge in [-0.3, -0.25) is 4.79 Å². The molecule has 0 aliphatic heterocycles. The molecule has 0 aromatic heterocycles. The second-order valence-electron chi connectivity index (χ2n) is 4.39. The molecule has 0 unspecified atom stereocenters. The van der Waals surface area contributed by atoms with Crippen LogP contribution in [-0.2, 0) is 6.54 Å². The van der Waals surface area contributed by atoms with Gasteiger partial charge in [0.1, 0.15) is 0 Å². The third-order valence-corrected chi connectivity index (χ3v) is 4.21. The van der Waals surface area contributed by atoms with Crippen LogP contribution < -0.4 is 0 Å². The normalized spacial score (nSPS) is 10.4. The number of benzene rings is 2. The van der Waals surface area contributed by atoms with Crippen molar-refractivity contribution in [2.75, 3.05) is 7.05 Å². The van der Waals surface area contributed by atoms with Gasteiger partial charge < -0.3 is 4.90 Å². The molecule has 2 aromatic rings. The summed E-state index contributed by atoms with van der Waals surface area (Å²) in [7, 11) is 1.74. The Hall–Kier alpha value is -1.03. The van der Waals surface area contributed by atoms with Crippen LogP contribution in [0.2, 0.25) is 10.0 Å². The van der Waals surface area contributed by atoms with Crippen molar-refractivity contribution in [1.29, 1.82) is 0 Å². The second kappa shape index (κ2) is 6.61. The predicted molar refractivity (Wildman–Crippen MR) is 86.4 cm³/mol. The molecule has 0 saturated carbocycles. The number of hydrogen-bond acceptors (Lipinski definition) is 1. The lowest BCUT2D eigenvalue weighted by Crippen LogP contribution is -2.26. The van der Waals surface area contributed by atoms with E-state index in [-0.39, 0.29) is 5.91 Å². The summed E-state index contributed by atoms with van der Waals surface area (Å²) in [5, 5.41) is 0.677. The highest BCUT2D eigenvalue weighted by molar-refractivity contribution is 9.10. The van der Waals surface area contributed by atoms with Gasteiger partial charge in [-0.15, -0.1) is 0 Å². The Morgan fingerprint density at radius 3 is 2.45 bits per heavy atom. The van der Waals surface area contributed by atoms with Crippen molar-refractivity contribution in [3.05, 3.63) is 68.1 Å². The summed E-state index contributed by atoms with van der Waals surface area (Å²) in [6, 6.07) is 12.9. The summed E-state index contributed by atoms with van der Waals surface area (Å²) in [6.45, 7) is 0.509. The van der Waals surface area contributed by atoms with Crippen molar-refractivity contribution in [3.8, 4) is 0 Å². The first-order chi connectivity index (χ1) is 9.49. The monoisotopic (exact) mass is 371 g/mol. The van der Waals surface area contributed by atoms with Crippen molar-refractivity contribution < 1.29 is 4.79 Å². The van der Waals surface area contributed by atoms with E-state index in [9.17, 15) is 4.79 Å². The molecule has 2 nitrogen and oxygen atoms in total. The van der Waals surface area contributed by atoms with E-state index < -0.39 is 0 Å². The van der Waals surface area contributed by atoms with Crippen LogP contribution in [0.25, 0.3) is 0 Å². The molecule has 5 heteroatoms. The van der Waals surface area contributed by atoms with E-state index in [1.54, 1.807) is 30.1 Å². The zero-order chi connectivity index (χ0) is 14.7. The standard InChI is InChI=1S/C15H12BrCl2NO/c1-19(9-10-5-7-11(16)8-6-10)15(20)12-3-2-4-13(17)14(12)18/h2-8H,9H2,1H3. The van der Waals surface area contributed by atoms with Crippen LogP contribution in [0.1, 0.15) is 15.9 Å². The van der Waals surface area contributed by atoms with Crippen LogP contribution in [-0.4, -0.2) is 17.9 Å². The first-order valence-electron chi connectivity index (χ1n) is 5.93. The Balaban J connectivity index is 2.16. The molecule has 0 fully saturated rings. The highest BCUT2D eigenvalue weighted by Crippen LogP contribution is 2.26. The van der Waals surface area contributed by atoms with Crippen LogP contribution in [0.3, 0.4) is 0 Å². The number of carbonyl (C=O) groups is 1. The van der Waals surface area contributed by atoms with Gasteiger partial charge in [0.15, 0.2) is 0 Å². The molecule has 2 rings (SSSR count). The Bertz CT molecular complexity index is 628. The van der Waals surface area contributed by atoms with Crippen molar-refractivity contribution in [3.63, 3.8) is 0 Å². The maximum atomic E-state index is 12.4. The lowest BCUT2D eigenvalue weighted by atomic mass is 10.1. The molecule has 0 spiro atoms. The number of rotatable bonds is 3. The smallest absolute Gasteiger partial charge is 0.255 e.